The van der Waals surface area contributed by atoms with E-state index in [1.165, 1.54) is 12.2 Å². The summed E-state index contributed by atoms with van der Waals surface area (Å²) in [7, 11) is 0. The summed E-state index contributed by atoms with van der Waals surface area (Å²) in [6.07, 6.45) is 6.54. The molecule has 0 atom stereocenters. The van der Waals surface area contributed by atoms with E-state index in [2.05, 4.69) is 21.2 Å². The van der Waals surface area contributed by atoms with Crippen molar-refractivity contribution >= 4 is 38.8 Å². The highest BCUT2D eigenvalue weighted by Crippen LogP contribution is 2.43. The van der Waals surface area contributed by atoms with Gasteiger partial charge in [-0.25, -0.2) is 0 Å². The maximum atomic E-state index is 12.8. The Labute approximate surface area is 153 Å². The van der Waals surface area contributed by atoms with Crippen LogP contribution in [0.4, 0.5) is 0 Å². The SMILES string of the molecule is O=C1C=CC2(C=C1)NC(=O)C(c1ccccc1)=C2c1ccc(Br)cc1. The molecule has 1 amide bonds. The van der Waals surface area contributed by atoms with Crippen LogP contribution in [0, 0.1) is 0 Å². The van der Waals surface area contributed by atoms with Crippen molar-refractivity contribution in [3.63, 3.8) is 0 Å². The predicted octanol–water partition coefficient (Wildman–Crippen LogP) is 3.92. The number of allylic oxidation sites excluding steroid dienone is 2. The molecule has 1 N–H and O–H groups in total. The molecule has 0 aromatic heterocycles. The van der Waals surface area contributed by atoms with Gasteiger partial charge in [-0.3, -0.25) is 9.59 Å². The summed E-state index contributed by atoms with van der Waals surface area (Å²) in [6.45, 7) is 0. The molecule has 1 heterocycles. The molecule has 4 heteroatoms. The molecule has 3 nitrogen and oxygen atoms in total. The van der Waals surface area contributed by atoms with Crippen molar-refractivity contribution in [2.45, 2.75) is 5.54 Å². The quantitative estimate of drug-likeness (QED) is 0.842. The van der Waals surface area contributed by atoms with Gasteiger partial charge in [0.1, 0.15) is 5.54 Å². The Kier molecular flexibility index (Phi) is 3.77. The molecule has 4 rings (SSSR count). The molecule has 1 aliphatic carbocycles. The standard InChI is InChI=1S/C21H14BrNO2/c22-16-8-6-15(7-9-16)19-18(14-4-2-1-3-5-14)20(25)23-21(19)12-10-17(24)11-13-21/h1-13H,(H,23,25). The molecule has 25 heavy (non-hydrogen) atoms. The van der Waals surface area contributed by atoms with Crippen LogP contribution in [-0.4, -0.2) is 17.2 Å². The number of carbonyl (C=O) groups excluding carboxylic acids is 2. The lowest BCUT2D eigenvalue weighted by Gasteiger charge is -2.28. The molecule has 2 aliphatic rings. The lowest BCUT2D eigenvalue weighted by atomic mass is 9.81. The Morgan fingerprint density at radius 3 is 2.08 bits per heavy atom. The Hall–Kier alpha value is -2.72. The van der Waals surface area contributed by atoms with Gasteiger partial charge in [-0.2, -0.15) is 0 Å². The third-order valence-electron chi connectivity index (χ3n) is 4.43. The molecule has 0 unspecified atom stereocenters. The van der Waals surface area contributed by atoms with Gasteiger partial charge in [-0.05, 0) is 47.6 Å². The molecular weight excluding hydrogens is 378 g/mol. The van der Waals surface area contributed by atoms with Crippen molar-refractivity contribution < 1.29 is 9.59 Å². The first-order valence-electron chi connectivity index (χ1n) is 7.90. The second-order valence-electron chi connectivity index (χ2n) is 6.02. The van der Waals surface area contributed by atoms with Gasteiger partial charge < -0.3 is 5.32 Å². The van der Waals surface area contributed by atoms with Crippen molar-refractivity contribution in [3.05, 3.63) is 94.5 Å². The first-order chi connectivity index (χ1) is 12.1. The number of hydrogen-bond donors (Lipinski definition) is 1. The summed E-state index contributed by atoms with van der Waals surface area (Å²) >= 11 is 3.45. The van der Waals surface area contributed by atoms with Crippen molar-refractivity contribution in [2.24, 2.45) is 0 Å². The van der Waals surface area contributed by atoms with Gasteiger partial charge in [0.15, 0.2) is 5.78 Å². The summed E-state index contributed by atoms with van der Waals surface area (Å²) in [5.74, 6) is -0.226. The van der Waals surface area contributed by atoms with E-state index in [1.54, 1.807) is 12.2 Å². The first kappa shape index (κ1) is 15.8. The molecular formula is C21H14BrNO2. The van der Waals surface area contributed by atoms with Crippen LogP contribution in [0.3, 0.4) is 0 Å². The molecule has 0 bridgehead atoms. The van der Waals surface area contributed by atoms with Crippen LogP contribution < -0.4 is 5.32 Å². The lowest BCUT2D eigenvalue weighted by molar-refractivity contribution is -0.116. The Morgan fingerprint density at radius 2 is 1.44 bits per heavy atom. The topological polar surface area (TPSA) is 46.2 Å². The van der Waals surface area contributed by atoms with Crippen molar-refractivity contribution in [1.82, 2.24) is 5.32 Å². The lowest BCUT2D eigenvalue weighted by Crippen LogP contribution is -2.41. The fourth-order valence-corrected chi connectivity index (χ4v) is 3.57. The number of carbonyl (C=O) groups is 2. The van der Waals surface area contributed by atoms with Crippen molar-refractivity contribution in [1.29, 1.82) is 0 Å². The zero-order valence-corrected chi connectivity index (χ0v) is 14.8. The maximum absolute atomic E-state index is 12.8. The molecule has 0 radical (unpaired) electrons. The second kappa shape index (κ2) is 5.97. The van der Waals surface area contributed by atoms with E-state index in [0.717, 1.165) is 21.2 Å². The fraction of sp³-hybridized carbons (Fsp3) is 0.0476. The Bertz CT molecular complexity index is 937. The number of halogens is 1. The summed E-state index contributed by atoms with van der Waals surface area (Å²) in [4.78, 5) is 24.5. The highest BCUT2D eigenvalue weighted by Gasteiger charge is 2.43. The molecule has 1 aliphatic heterocycles. The van der Waals surface area contributed by atoms with Gasteiger partial charge in [-0.1, -0.05) is 58.4 Å². The number of amides is 1. The Balaban J connectivity index is 2.00. The van der Waals surface area contributed by atoms with Gasteiger partial charge in [0.2, 0.25) is 0 Å². The van der Waals surface area contributed by atoms with Crippen molar-refractivity contribution in [2.75, 3.05) is 0 Å². The minimum atomic E-state index is -0.802. The highest BCUT2D eigenvalue weighted by molar-refractivity contribution is 9.10. The summed E-state index contributed by atoms with van der Waals surface area (Å²) in [5.41, 5.74) is 2.48. The molecule has 2 aromatic carbocycles. The zero-order chi connectivity index (χ0) is 17.4. The van der Waals surface area contributed by atoms with Crippen LogP contribution in [0.5, 0.6) is 0 Å². The van der Waals surface area contributed by atoms with Crippen LogP contribution in [0.2, 0.25) is 0 Å². The third-order valence-corrected chi connectivity index (χ3v) is 4.96. The monoisotopic (exact) mass is 391 g/mol. The Morgan fingerprint density at radius 1 is 0.800 bits per heavy atom. The van der Waals surface area contributed by atoms with E-state index < -0.39 is 5.54 Å². The van der Waals surface area contributed by atoms with E-state index in [0.29, 0.717) is 5.57 Å². The normalized spacial score (nSPS) is 18.1. The van der Waals surface area contributed by atoms with Gasteiger partial charge >= 0.3 is 0 Å². The molecule has 1 spiro atoms. The average molecular weight is 392 g/mol. The third kappa shape index (κ3) is 2.68. The van der Waals surface area contributed by atoms with E-state index >= 15 is 0 Å². The van der Waals surface area contributed by atoms with Gasteiger partial charge in [0.05, 0.1) is 5.57 Å². The molecule has 122 valence electrons. The summed E-state index contributed by atoms with van der Waals surface area (Å²) < 4.78 is 0.967. The van der Waals surface area contributed by atoms with E-state index in [-0.39, 0.29) is 11.7 Å². The maximum Gasteiger partial charge on any atom is 0.253 e. The van der Waals surface area contributed by atoms with E-state index in [4.69, 9.17) is 0 Å². The van der Waals surface area contributed by atoms with Gasteiger partial charge in [0, 0.05) is 10.0 Å². The van der Waals surface area contributed by atoms with Crippen LogP contribution in [0.1, 0.15) is 11.1 Å². The van der Waals surface area contributed by atoms with Crippen molar-refractivity contribution in [3.8, 4) is 0 Å². The van der Waals surface area contributed by atoms with Gasteiger partial charge in [0.25, 0.3) is 5.91 Å². The molecule has 0 fully saturated rings. The second-order valence-corrected chi connectivity index (χ2v) is 6.93. The van der Waals surface area contributed by atoms with Gasteiger partial charge in [-0.15, -0.1) is 0 Å². The summed E-state index contributed by atoms with van der Waals surface area (Å²) in [5, 5.41) is 3.05. The minimum Gasteiger partial charge on any atom is -0.335 e. The largest absolute Gasteiger partial charge is 0.335 e. The fourth-order valence-electron chi connectivity index (χ4n) is 3.30. The van der Waals surface area contributed by atoms with Crippen LogP contribution >= 0.6 is 15.9 Å². The number of ketones is 1. The number of hydrogen-bond acceptors (Lipinski definition) is 2. The molecule has 0 saturated heterocycles. The van der Waals surface area contributed by atoms with Crippen LogP contribution in [0.15, 0.2) is 83.4 Å². The number of rotatable bonds is 2. The molecule has 2 aromatic rings. The van der Waals surface area contributed by atoms with E-state index in [1.807, 2.05) is 54.6 Å². The predicted molar refractivity (Wildman–Crippen MR) is 102 cm³/mol. The average Bonchev–Trinajstić information content (AvgIpc) is 2.91. The zero-order valence-electron chi connectivity index (χ0n) is 13.2. The number of nitrogens with one attached hydrogen (secondary N) is 1. The van der Waals surface area contributed by atoms with E-state index in [9.17, 15) is 9.59 Å². The summed E-state index contributed by atoms with van der Waals surface area (Å²) in [6, 6.07) is 17.4. The van der Waals surface area contributed by atoms with Crippen LogP contribution in [-0.2, 0) is 9.59 Å². The first-order valence-corrected chi connectivity index (χ1v) is 8.69. The van der Waals surface area contributed by atoms with Crippen LogP contribution in [0.25, 0.3) is 11.1 Å². The minimum absolute atomic E-state index is 0.0804. The highest BCUT2D eigenvalue weighted by atomic mass is 79.9. The smallest absolute Gasteiger partial charge is 0.253 e. The number of benzene rings is 2. The molecule has 0 saturated carbocycles.